The minimum atomic E-state index is 1.11. The molecule has 17 heavy (non-hydrogen) atoms. The van der Waals surface area contributed by atoms with Gasteiger partial charge >= 0.3 is 0 Å². The van der Waals surface area contributed by atoms with Crippen molar-refractivity contribution in [2.75, 3.05) is 0 Å². The van der Waals surface area contributed by atoms with Crippen molar-refractivity contribution in [2.24, 2.45) is 0 Å². The monoisotopic (exact) mass is 227 g/mol. The van der Waals surface area contributed by atoms with Crippen LogP contribution in [0.1, 0.15) is 36.1 Å². The summed E-state index contributed by atoms with van der Waals surface area (Å²) in [5.74, 6) is 0. The molecule has 1 heterocycles. The fourth-order valence-electron chi connectivity index (χ4n) is 2.64. The molecule has 0 spiro atoms. The average Bonchev–Trinajstić information content (AvgIpc) is 2.75. The van der Waals surface area contributed by atoms with Crippen LogP contribution in [0.15, 0.2) is 24.4 Å². The Morgan fingerprint density at radius 2 is 1.76 bits per heavy atom. The number of aromatic nitrogens is 1. The highest BCUT2D eigenvalue weighted by molar-refractivity contribution is 5.69. The summed E-state index contributed by atoms with van der Waals surface area (Å²) in [6, 6.07) is 6.67. The zero-order valence-electron chi connectivity index (χ0n) is 11.2. The summed E-state index contributed by atoms with van der Waals surface area (Å²) in [6.07, 6.45) is 4.25. The summed E-state index contributed by atoms with van der Waals surface area (Å²) < 4.78 is 0. The molecule has 0 amide bonds. The second kappa shape index (κ2) is 4.79. The molecule has 2 rings (SSSR count). The second-order valence-corrected chi connectivity index (χ2v) is 4.62. The van der Waals surface area contributed by atoms with E-state index in [2.05, 4.69) is 50.9 Å². The third-order valence-corrected chi connectivity index (χ3v) is 3.65. The summed E-state index contributed by atoms with van der Waals surface area (Å²) in [4.78, 5) is 3.35. The fraction of sp³-hybridized carbons (Fsp3) is 0.375. The molecule has 90 valence electrons. The molecule has 1 N–H and O–H groups in total. The predicted octanol–water partition coefficient (Wildman–Crippen LogP) is 4.42. The van der Waals surface area contributed by atoms with Crippen molar-refractivity contribution in [2.45, 2.75) is 40.5 Å². The maximum atomic E-state index is 3.35. The van der Waals surface area contributed by atoms with E-state index in [0.29, 0.717) is 0 Å². The van der Waals surface area contributed by atoms with Crippen molar-refractivity contribution < 1.29 is 0 Å². The Morgan fingerprint density at radius 1 is 1.00 bits per heavy atom. The number of aryl methyl sites for hydroxylation is 2. The summed E-state index contributed by atoms with van der Waals surface area (Å²) >= 11 is 0. The Labute approximate surface area is 104 Å². The molecule has 0 saturated heterocycles. The lowest BCUT2D eigenvalue weighted by Gasteiger charge is -2.14. The minimum absolute atomic E-state index is 1.11. The lowest BCUT2D eigenvalue weighted by Crippen LogP contribution is -1.98. The number of aromatic amines is 1. The van der Waals surface area contributed by atoms with E-state index in [0.717, 1.165) is 12.8 Å². The highest BCUT2D eigenvalue weighted by Crippen LogP contribution is 2.29. The van der Waals surface area contributed by atoms with Gasteiger partial charge in [0, 0.05) is 17.5 Å². The van der Waals surface area contributed by atoms with Gasteiger partial charge in [-0.2, -0.15) is 0 Å². The first kappa shape index (κ1) is 12.0. The van der Waals surface area contributed by atoms with Crippen LogP contribution in [0.25, 0.3) is 11.3 Å². The number of nitrogens with one attached hydrogen (secondary N) is 1. The van der Waals surface area contributed by atoms with Crippen LogP contribution in [0.2, 0.25) is 0 Å². The molecule has 1 aromatic heterocycles. The first-order chi connectivity index (χ1) is 8.19. The van der Waals surface area contributed by atoms with Crippen LogP contribution in [0.4, 0.5) is 0 Å². The molecule has 1 heteroatoms. The lowest BCUT2D eigenvalue weighted by atomic mass is 9.92. The number of hydrogen-bond donors (Lipinski definition) is 1. The molecule has 2 aromatic rings. The molecule has 0 aliphatic rings. The van der Waals surface area contributed by atoms with E-state index >= 15 is 0 Å². The average molecular weight is 227 g/mol. The van der Waals surface area contributed by atoms with Gasteiger partial charge < -0.3 is 4.98 Å². The van der Waals surface area contributed by atoms with Gasteiger partial charge in [-0.25, -0.2) is 0 Å². The molecule has 1 aromatic carbocycles. The minimum Gasteiger partial charge on any atom is -0.361 e. The molecular weight excluding hydrogens is 206 g/mol. The first-order valence-electron chi connectivity index (χ1n) is 6.44. The zero-order valence-corrected chi connectivity index (χ0v) is 11.2. The molecule has 0 saturated carbocycles. The summed E-state index contributed by atoms with van der Waals surface area (Å²) in [5, 5.41) is 0. The maximum absolute atomic E-state index is 3.35. The quantitative estimate of drug-likeness (QED) is 0.798. The molecular formula is C16H21N. The van der Waals surface area contributed by atoms with E-state index in [4.69, 9.17) is 0 Å². The van der Waals surface area contributed by atoms with Crippen molar-refractivity contribution >= 4 is 0 Å². The maximum Gasteiger partial charge on any atom is 0.0486 e. The molecule has 0 aliphatic carbocycles. The Bertz CT molecular complexity index is 520. The van der Waals surface area contributed by atoms with Crippen molar-refractivity contribution in [3.05, 3.63) is 46.6 Å². The zero-order chi connectivity index (χ0) is 12.4. The highest BCUT2D eigenvalue weighted by Gasteiger charge is 2.11. The van der Waals surface area contributed by atoms with Crippen LogP contribution in [0, 0.1) is 13.8 Å². The van der Waals surface area contributed by atoms with Crippen molar-refractivity contribution in [1.82, 2.24) is 4.98 Å². The van der Waals surface area contributed by atoms with Gasteiger partial charge in [0.25, 0.3) is 0 Å². The van der Waals surface area contributed by atoms with Crippen LogP contribution in [0.5, 0.6) is 0 Å². The SMILES string of the molecule is CCc1ccc(-c2[nH]ccc2C)c(C)c1CC. The molecule has 0 fully saturated rings. The first-order valence-corrected chi connectivity index (χ1v) is 6.44. The van der Waals surface area contributed by atoms with E-state index in [9.17, 15) is 0 Å². The number of hydrogen-bond acceptors (Lipinski definition) is 0. The van der Waals surface area contributed by atoms with Crippen LogP contribution in [0.3, 0.4) is 0 Å². The van der Waals surface area contributed by atoms with Crippen LogP contribution >= 0.6 is 0 Å². The Balaban J connectivity index is 2.61. The molecule has 0 radical (unpaired) electrons. The predicted molar refractivity (Wildman–Crippen MR) is 74.5 cm³/mol. The standard InChI is InChI=1S/C16H21N/c1-5-13-7-8-15(12(4)14(13)6-2)16-11(3)9-10-17-16/h7-10,17H,5-6H2,1-4H3. The lowest BCUT2D eigenvalue weighted by molar-refractivity contribution is 1.02. The molecule has 0 aliphatic heterocycles. The number of rotatable bonds is 3. The summed E-state index contributed by atoms with van der Waals surface area (Å²) in [5.41, 5.74) is 8.36. The molecule has 0 atom stereocenters. The Hall–Kier alpha value is -1.50. The fourth-order valence-corrected chi connectivity index (χ4v) is 2.64. The number of H-pyrrole nitrogens is 1. The highest BCUT2D eigenvalue weighted by atomic mass is 14.7. The smallest absolute Gasteiger partial charge is 0.0486 e. The second-order valence-electron chi connectivity index (χ2n) is 4.62. The van der Waals surface area contributed by atoms with E-state index < -0.39 is 0 Å². The largest absolute Gasteiger partial charge is 0.361 e. The summed E-state index contributed by atoms with van der Waals surface area (Å²) in [7, 11) is 0. The molecule has 0 unspecified atom stereocenters. The van der Waals surface area contributed by atoms with Crippen LogP contribution in [-0.2, 0) is 12.8 Å². The molecule has 0 bridgehead atoms. The van der Waals surface area contributed by atoms with Gasteiger partial charge in [0.2, 0.25) is 0 Å². The van der Waals surface area contributed by atoms with Gasteiger partial charge in [0.1, 0.15) is 0 Å². The van der Waals surface area contributed by atoms with Gasteiger partial charge in [-0.3, -0.25) is 0 Å². The van der Waals surface area contributed by atoms with Crippen LogP contribution in [-0.4, -0.2) is 4.98 Å². The van der Waals surface area contributed by atoms with Crippen molar-refractivity contribution in [3.63, 3.8) is 0 Å². The Morgan fingerprint density at radius 3 is 2.29 bits per heavy atom. The Kier molecular flexibility index (Phi) is 3.37. The topological polar surface area (TPSA) is 15.8 Å². The van der Waals surface area contributed by atoms with Gasteiger partial charge in [0.15, 0.2) is 0 Å². The molecule has 1 nitrogen and oxygen atoms in total. The van der Waals surface area contributed by atoms with E-state index in [1.54, 1.807) is 0 Å². The van der Waals surface area contributed by atoms with E-state index in [-0.39, 0.29) is 0 Å². The van der Waals surface area contributed by atoms with Gasteiger partial charge in [-0.05, 0) is 55.0 Å². The van der Waals surface area contributed by atoms with E-state index in [1.807, 2.05) is 6.20 Å². The van der Waals surface area contributed by atoms with Gasteiger partial charge in [-0.1, -0.05) is 26.0 Å². The normalized spacial score (nSPS) is 10.8. The third kappa shape index (κ3) is 2.02. The van der Waals surface area contributed by atoms with Crippen molar-refractivity contribution in [1.29, 1.82) is 0 Å². The van der Waals surface area contributed by atoms with Crippen molar-refractivity contribution in [3.8, 4) is 11.3 Å². The summed E-state index contributed by atoms with van der Waals surface area (Å²) in [6.45, 7) is 8.87. The third-order valence-electron chi connectivity index (χ3n) is 3.65. The van der Waals surface area contributed by atoms with Gasteiger partial charge in [0.05, 0.1) is 0 Å². The van der Waals surface area contributed by atoms with Gasteiger partial charge in [-0.15, -0.1) is 0 Å². The number of benzene rings is 1. The van der Waals surface area contributed by atoms with Crippen LogP contribution < -0.4 is 0 Å². The van der Waals surface area contributed by atoms with E-state index in [1.165, 1.54) is 33.5 Å².